The Morgan fingerprint density at radius 1 is 1.12 bits per heavy atom. The van der Waals surface area contributed by atoms with Gasteiger partial charge in [0.15, 0.2) is 0 Å². The Balaban J connectivity index is 1.88. The lowest BCUT2D eigenvalue weighted by atomic mass is 9.84. The van der Waals surface area contributed by atoms with Gasteiger partial charge in [0.05, 0.1) is 13.1 Å². The van der Waals surface area contributed by atoms with Crippen molar-refractivity contribution in [3.05, 3.63) is 0 Å². The molecule has 90 valence electrons. The second-order valence-electron chi connectivity index (χ2n) is 4.96. The number of carbonyl (C=O) groups excluding carboxylic acids is 2. The average molecular weight is 224 g/mol. The van der Waals surface area contributed by atoms with Crippen molar-refractivity contribution in [3.8, 4) is 0 Å². The maximum atomic E-state index is 11.3. The predicted octanol–water partition coefficient (Wildman–Crippen LogP) is 0.914. The first-order valence-corrected chi connectivity index (χ1v) is 6.25. The lowest BCUT2D eigenvalue weighted by Crippen LogP contribution is -2.55. The molecule has 0 bridgehead atoms. The van der Waals surface area contributed by atoms with Crippen molar-refractivity contribution in [3.63, 3.8) is 0 Å². The van der Waals surface area contributed by atoms with E-state index >= 15 is 0 Å². The minimum Gasteiger partial charge on any atom is -0.294 e. The van der Waals surface area contributed by atoms with Crippen LogP contribution in [-0.4, -0.2) is 35.8 Å². The largest absolute Gasteiger partial charge is 0.294 e. The number of amides is 2. The first-order valence-electron chi connectivity index (χ1n) is 6.25. The Morgan fingerprint density at radius 3 is 2.19 bits per heavy atom. The SMILES string of the molecule is CCC1CCC(N2CC(=O)NC(=O)C2)CC1. The van der Waals surface area contributed by atoms with Crippen LogP contribution in [-0.2, 0) is 9.59 Å². The van der Waals surface area contributed by atoms with E-state index in [1.165, 1.54) is 19.3 Å². The Morgan fingerprint density at radius 2 is 1.69 bits per heavy atom. The normalized spacial score (nSPS) is 32.6. The van der Waals surface area contributed by atoms with Gasteiger partial charge in [0.2, 0.25) is 11.8 Å². The molecule has 2 fully saturated rings. The smallest absolute Gasteiger partial charge is 0.240 e. The Bertz CT molecular complexity index is 267. The van der Waals surface area contributed by atoms with Crippen LogP contribution in [0.4, 0.5) is 0 Å². The summed E-state index contributed by atoms with van der Waals surface area (Å²) in [7, 11) is 0. The van der Waals surface area contributed by atoms with Gasteiger partial charge in [-0.05, 0) is 31.6 Å². The lowest BCUT2D eigenvalue weighted by Gasteiger charge is -2.37. The van der Waals surface area contributed by atoms with Crippen LogP contribution < -0.4 is 5.32 Å². The van der Waals surface area contributed by atoms with Crippen molar-refractivity contribution in [2.45, 2.75) is 45.1 Å². The summed E-state index contributed by atoms with van der Waals surface area (Å²) in [6.45, 7) is 3.03. The molecule has 4 nitrogen and oxygen atoms in total. The van der Waals surface area contributed by atoms with Crippen LogP contribution in [0.2, 0.25) is 0 Å². The van der Waals surface area contributed by atoms with Crippen LogP contribution in [0, 0.1) is 5.92 Å². The quantitative estimate of drug-likeness (QED) is 0.709. The number of hydrogen-bond acceptors (Lipinski definition) is 3. The number of hydrogen-bond donors (Lipinski definition) is 1. The minimum atomic E-state index is -0.145. The highest BCUT2D eigenvalue weighted by molar-refractivity contribution is 5.99. The third kappa shape index (κ3) is 2.61. The van der Waals surface area contributed by atoms with Gasteiger partial charge in [-0.2, -0.15) is 0 Å². The van der Waals surface area contributed by atoms with Crippen molar-refractivity contribution in [1.29, 1.82) is 0 Å². The van der Waals surface area contributed by atoms with E-state index in [4.69, 9.17) is 0 Å². The van der Waals surface area contributed by atoms with Crippen molar-refractivity contribution < 1.29 is 9.59 Å². The van der Waals surface area contributed by atoms with E-state index < -0.39 is 0 Å². The van der Waals surface area contributed by atoms with Gasteiger partial charge >= 0.3 is 0 Å². The number of nitrogens with one attached hydrogen (secondary N) is 1. The number of nitrogens with zero attached hydrogens (tertiary/aromatic N) is 1. The first kappa shape index (κ1) is 11.6. The van der Waals surface area contributed by atoms with Crippen LogP contribution in [0.1, 0.15) is 39.0 Å². The van der Waals surface area contributed by atoms with Gasteiger partial charge in [0.1, 0.15) is 0 Å². The molecular formula is C12H20N2O2. The molecule has 1 N–H and O–H groups in total. The number of imide groups is 1. The van der Waals surface area contributed by atoms with Crippen LogP contribution in [0.3, 0.4) is 0 Å². The summed E-state index contributed by atoms with van der Waals surface area (Å²) < 4.78 is 0. The van der Waals surface area contributed by atoms with Gasteiger partial charge in [-0.1, -0.05) is 13.3 Å². The van der Waals surface area contributed by atoms with Crippen molar-refractivity contribution in [2.75, 3.05) is 13.1 Å². The van der Waals surface area contributed by atoms with Crippen molar-refractivity contribution in [2.24, 2.45) is 5.92 Å². The van der Waals surface area contributed by atoms with Gasteiger partial charge in [-0.25, -0.2) is 0 Å². The lowest BCUT2D eigenvalue weighted by molar-refractivity contribution is -0.137. The third-order valence-corrected chi connectivity index (χ3v) is 3.88. The molecule has 4 heteroatoms. The fourth-order valence-corrected chi connectivity index (χ4v) is 2.84. The first-order chi connectivity index (χ1) is 7.69. The monoisotopic (exact) mass is 224 g/mol. The topological polar surface area (TPSA) is 49.4 Å². The van der Waals surface area contributed by atoms with Gasteiger partial charge in [0.25, 0.3) is 0 Å². The average Bonchev–Trinajstić information content (AvgIpc) is 2.28. The fourth-order valence-electron chi connectivity index (χ4n) is 2.84. The van der Waals surface area contributed by atoms with Crippen LogP contribution in [0.15, 0.2) is 0 Å². The molecule has 0 aromatic carbocycles. The minimum absolute atomic E-state index is 0.145. The van der Waals surface area contributed by atoms with Crippen LogP contribution in [0.5, 0.6) is 0 Å². The zero-order valence-corrected chi connectivity index (χ0v) is 9.87. The molecule has 0 radical (unpaired) electrons. The molecule has 0 spiro atoms. The summed E-state index contributed by atoms with van der Waals surface area (Å²) in [5, 5.41) is 2.35. The number of carbonyl (C=O) groups is 2. The predicted molar refractivity (Wildman–Crippen MR) is 60.8 cm³/mol. The molecule has 0 aromatic rings. The van der Waals surface area contributed by atoms with Gasteiger partial charge in [-0.3, -0.25) is 19.8 Å². The van der Waals surface area contributed by atoms with E-state index in [9.17, 15) is 9.59 Å². The molecule has 0 aromatic heterocycles. The van der Waals surface area contributed by atoms with Crippen LogP contribution in [0.25, 0.3) is 0 Å². The molecular weight excluding hydrogens is 204 g/mol. The highest BCUT2D eigenvalue weighted by Crippen LogP contribution is 2.29. The Hall–Kier alpha value is -0.900. The molecule has 1 saturated carbocycles. The Kier molecular flexibility index (Phi) is 3.59. The highest BCUT2D eigenvalue weighted by Gasteiger charge is 2.30. The molecule has 2 rings (SSSR count). The van der Waals surface area contributed by atoms with E-state index in [1.54, 1.807) is 0 Å². The molecule has 0 unspecified atom stereocenters. The van der Waals surface area contributed by atoms with Crippen molar-refractivity contribution in [1.82, 2.24) is 10.2 Å². The zero-order valence-electron chi connectivity index (χ0n) is 9.87. The number of rotatable bonds is 2. The highest BCUT2D eigenvalue weighted by atomic mass is 16.2. The molecule has 16 heavy (non-hydrogen) atoms. The maximum Gasteiger partial charge on any atom is 0.240 e. The molecule has 2 amide bonds. The summed E-state index contributed by atoms with van der Waals surface area (Å²) in [5.74, 6) is 0.563. The van der Waals surface area contributed by atoms with Crippen LogP contribution >= 0.6 is 0 Å². The summed E-state index contributed by atoms with van der Waals surface area (Å²) >= 11 is 0. The summed E-state index contributed by atoms with van der Waals surface area (Å²) in [4.78, 5) is 24.6. The Labute approximate surface area is 96.4 Å². The van der Waals surface area contributed by atoms with E-state index in [-0.39, 0.29) is 11.8 Å². The number of piperazine rings is 1. The zero-order chi connectivity index (χ0) is 11.5. The second-order valence-corrected chi connectivity index (χ2v) is 4.96. The molecule has 1 saturated heterocycles. The van der Waals surface area contributed by atoms with E-state index in [2.05, 4.69) is 12.2 Å². The van der Waals surface area contributed by atoms with Crippen molar-refractivity contribution >= 4 is 11.8 Å². The van der Waals surface area contributed by atoms with E-state index in [1.807, 2.05) is 4.90 Å². The standard InChI is InChI=1S/C12H20N2O2/c1-2-9-3-5-10(6-4-9)14-7-11(15)13-12(16)8-14/h9-10H,2-8H2,1H3,(H,13,15,16). The molecule has 1 heterocycles. The molecule has 2 aliphatic rings. The van der Waals surface area contributed by atoms with Gasteiger partial charge in [-0.15, -0.1) is 0 Å². The molecule has 1 aliphatic heterocycles. The molecule has 0 atom stereocenters. The van der Waals surface area contributed by atoms with Gasteiger partial charge < -0.3 is 0 Å². The fraction of sp³-hybridized carbons (Fsp3) is 0.833. The maximum absolute atomic E-state index is 11.3. The third-order valence-electron chi connectivity index (χ3n) is 3.88. The molecule has 1 aliphatic carbocycles. The summed E-state index contributed by atoms with van der Waals surface area (Å²) in [6, 6.07) is 0.442. The second kappa shape index (κ2) is 4.95. The van der Waals surface area contributed by atoms with E-state index in [0.717, 1.165) is 18.8 Å². The summed E-state index contributed by atoms with van der Waals surface area (Å²) in [5.41, 5.74) is 0. The van der Waals surface area contributed by atoms with Gasteiger partial charge in [0, 0.05) is 6.04 Å². The van der Waals surface area contributed by atoms with E-state index in [0.29, 0.717) is 19.1 Å². The summed E-state index contributed by atoms with van der Waals surface area (Å²) in [6.07, 6.45) is 6.02.